The average Bonchev–Trinajstić information content (AvgIpc) is 2.64. The van der Waals surface area contributed by atoms with Crippen LogP contribution in [0.5, 0.6) is 0 Å². The summed E-state index contributed by atoms with van der Waals surface area (Å²) in [6, 6.07) is 0. The minimum Gasteiger partial charge on any atom is -0.330 e. The number of hydrogen-bond acceptors (Lipinski definition) is 1. The topological polar surface area (TPSA) is 26.0 Å². The molecule has 3 atom stereocenters. The zero-order chi connectivity index (χ0) is 8.89. The standard InChI is InChI=1S/C12H21N/c13-8-12(4-1-5-12)11-7-9-2-3-10(11)6-9/h9-11H,1-8,13H2. The van der Waals surface area contributed by atoms with Crippen LogP contribution in [-0.2, 0) is 0 Å². The molecule has 1 nitrogen and oxygen atoms in total. The van der Waals surface area contributed by atoms with E-state index < -0.39 is 0 Å². The molecule has 0 aromatic rings. The molecular formula is C12H21N. The minimum absolute atomic E-state index is 0.625. The molecular weight excluding hydrogens is 158 g/mol. The van der Waals surface area contributed by atoms with Gasteiger partial charge in [0.1, 0.15) is 0 Å². The van der Waals surface area contributed by atoms with E-state index in [0.717, 1.165) is 24.3 Å². The van der Waals surface area contributed by atoms with Gasteiger partial charge in [0.2, 0.25) is 0 Å². The third kappa shape index (κ3) is 1.03. The highest BCUT2D eigenvalue weighted by molar-refractivity contribution is 5.03. The Morgan fingerprint density at radius 1 is 1.15 bits per heavy atom. The maximum atomic E-state index is 5.98. The van der Waals surface area contributed by atoms with Crippen molar-refractivity contribution in [3.05, 3.63) is 0 Å². The lowest BCUT2D eigenvalue weighted by atomic mass is 9.57. The number of rotatable bonds is 2. The van der Waals surface area contributed by atoms with Crippen LogP contribution in [0.3, 0.4) is 0 Å². The normalized spacial score (nSPS) is 46.4. The fourth-order valence-corrected chi connectivity index (χ4v) is 4.35. The van der Waals surface area contributed by atoms with Crippen molar-refractivity contribution >= 4 is 0 Å². The van der Waals surface area contributed by atoms with Gasteiger partial charge < -0.3 is 5.73 Å². The van der Waals surface area contributed by atoms with Gasteiger partial charge in [0, 0.05) is 0 Å². The highest BCUT2D eigenvalue weighted by Gasteiger charge is 2.52. The second-order valence-electron chi connectivity index (χ2n) is 5.70. The molecule has 3 unspecified atom stereocenters. The van der Waals surface area contributed by atoms with E-state index in [-0.39, 0.29) is 0 Å². The van der Waals surface area contributed by atoms with Gasteiger partial charge in [-0.05, 0) is 61.8 Å². The lowest BCUT2D eigenvalue weighted by Gasteiger charge is -2.49. The smallest absolute Gasteiger partial charge is 0.00178 e. The molecule has 0 aromatic heterocycles. The predicted molar refractivity (Wildman–Crippen MR) is 54.3 cm³/mol. The van der Waals surface area contributed by atoms with Crippen LogP contribution in [0.15, 0.2) is 0 Å². The van der Waals surface area contributed by atoms with Crippen LogP contribution < -0.4 is 5.73 Å². The fourth-order valence-electron chi connectivity index (χ4n) is 4.35. The molecule has 0 aromatic carbocycles. The SMILES string of the molecule is NCC1(C2CC3CCC2C3)CCC1. The fraction of sp³-hybridized carbons (Fsp3) is 1.00. The highest BCUT2D eigenvalue weighted by Crippen LogP contribution is 2.60. The minimum atomic E-state index is 0.625. The lowest BCUT2D eigenvalue weighted by molar-refractivity contribution is 0.0244. The molecule has 3 aliphatic rings. The van der Waals surface area contributed by atoms with Crippen LogP contribution >= 0.6 is 0 Å². The second-order valence-corrected chi connectivity index (χ2v) is 5.70. The maximum absolute atomic E-state index is 5.98. The van der Waals surface area contributed by atoms with E-state index in [2.05, 4.69) is 0 Å². The van der Waals surface area contributed by atoms with Crippen molar-refractivity contribution in [2.75, 3.05) is 6.54 Å². The largest absolute Gasteiger partial charge is 0.330 e. The van der Waals surface area contributed by atoms with Gasteiger partial charge in [-0.3, -0.25) is 0 Å². The molecule has 0 amide bonds. The van der Waals surface area contributed by atoms with Gasteiger partial charge in [-0.25, -0.2) is 0 Å². The molecule has 3 fully saturated rings. The second kappa shape index (κ2) is 2.73. The van der Waals surface area contributed by atoms with Crippen molar-refractivity contribution in [3.8, 4) is 0 Å². The monoisotopic (exact) mass is 179 g/mol. The predicted octanol–water partition coefficient (Wildman–Crippen LogP) is 2.55. The lowest BCUT2D eigenvalue weighted by Crippen LogP contribution is -2.45. The number of hydrogen-bond donors (Lipinski definition) is 1. The van der Waals surface area contributed by atoms with Crippen molar-refractivity contribution in [2.24, 2.45) is 28.9 Å². The molecule has 2 N–H and O–H groups in total. The first kappa shape index (κ1) is 8.28. The molecule has 0 aliphatic heterocycles. The molecule has 0 saturated heterocycles. The molecule has 13 heavy (non-hydrogen) atoms. The van der Waals surface area contributed by atoms with Crippen molar-refractivity contribution < 1.29 is 0 Å². The van der Waals surface area contributed by atoms with Crippen LogP contribution in [0.4, 0.5) is 0 Å². The van der Waals surface area contributed by atoms with E-state index in [1.54, 1.807) is 6.42 Å². The van der Waals surface area contributed by atoms with Crippen LogP contribution in [-0.4, -0.2) is 6.54 Å². The van der Waals surface area contributed by atoms with Crippen LogP contribution in [0.1, 0.15) is 44.9 Å². The molecule has 74 valence electrons. The Balaban J connectivity index is 1.78. The summed E-state index contributed by atoms with van der Waals surface area (Å²) in [5, 5.41) is 0. The van der Waals surface area contributed by atoms with E-state index >= 15 is 0 Å². The maximum Gasteiger partial charge on any atom is -0.00178 e. The van der Waals surface area contributed by atoms with Gasteiger partial charge in [0.25, 0.3) is 0 Å². The summed E-state index contributed by atoms with van der Waals surface area (Å²) in [7, 11) is 0. The molecule has 0 spiro atoms. The molecule has 2 bridgehead atoms. The van der Waals surface area contributed by atoms with E-state index in [4.69, 9.17) is 5.73 Å². The zero-order valence-corrected chi connectivity index (χ0v) is 8.47. The Morgan fingerprint density at radius 2 is 2.00 bits per heavy atom. The molecule has 0 radical (unpaired) electrons. The summed E-state index contributed by atoms with van der Waals surface area (Å²) in [6.45, 7) is 0.973. The van der Waals surface area contributed by atoms with Crippen molar-refractivity contribution in [3.63, 3.8) is 0 Å². The van der Waals surface area contributed by atoms with Crippen LogP contribution in [0.25, 0.3) is 0 Å². The van der Waals surface area contributed by atoms with Crippen molar-refractivity contribution in [2.45, 2.75) is 44.9 Å². The number of nitrogens with two attached hydrogens (primary N) is 1. The quantitative estimate of drug-likeness (QED) is 0.692. The highest BCUT2D eigenvalue weighted by atomic mass is 14.7. The van der Waals surface area contributed by atoms with Crippen LogP contribution in [0, 0.1) is 23.2 Å². The Kier molecular flexibility index (Phi) is 1.74. The summed E-state index contributed by atoms with van der Waals surface area (Å²) in [4.78, 5) is 0. The van der Waals surface area contributed by atoms with E-state index in [0.29, 0.717) is 5.41 Å². The molecule has 3 saturated carbocycles. The summed E-state index contributed by atoms with van der Waals surface area (Å²) >= 11 is 0. The zero-order valence-electron chi connectivity index (χ0n) is 8.47. The van der Waals surface area contributed by atoms with Crippen LogP contribution in [0.2, 0.25) is 0 Å². The van der Waals surface area contributed by atoms with Crippen molar-refractivity contribution in [1.29, 1.82) is 0 Å². The van der Waals surface area contributed by atoms with Crippen molar-refractivity contribution in [1.82, 2.24) is 0 Å². The summed E-state index contributed by atoms with van der Waals surface area (Å²) < 4.78 is 0. The first-order valence-electron chi connectivity index (χ1n) is 6.04. The number of fused-ring (bicyclic) bond motifs is 2. The van der Waals surface area contributed by atoms with Gasteiger partial charge in [-0.1, -0.05) is 12.8 Å². The molecule has 3 rings (SSSR count). The van der Waals surface area contributed by atoms with E-state index in [1.165, 1.54) is 38.5 Å². The summed E-state index contributed by atoms with van der Waals surface area (Å²) in [6.07, 6.45) is 10.5. The Labute approximate surface area is 81.1 Å². The van der Waals surface area contributed by atoms with Gasteiger partial charge >= 0.3 is 0 Å². The summed E-state index contributed by atoms with van der Waals surface area (Å²) in [5.74, 6) is 3.21. The average molecular weight is 179 g/mol. The van der Waals surface area contributed by atoms with E-state index in [9.17, 15) is 0 Å². The molecule has 3 aliphatic carbocycles. The third-order valence-electron chi connectivity index (χ3n) is 5.28. The van der Waals surface area contributed by atoms with E-state index in [1.807, 2.05) is 0 Å². The Hall–Kier alpha value is -0.0400. The van der Waals surface area contributed by atoms with Gasteiger partial charge in [-0.2, -0.15) is 0 Å². The van der Waals surface area contributed by atoms with Gasteiger partial charge in [0.05, 0.1) is 0 Å². The third-order valence-corrected chi connectivity index (χ3v) is 5.28. The molecule has 1 heteroatoms. The Bertz CT molecular complexity index is 202. The molecule has 0 heterocycles. The van der Waals surface area contributed by atoms with Gasteiger partial charge in [-0.15, -0.1) is 0 Å². The summed E-state index contributed by atoms with van der Waals surface area (Å²) in [5.41, 5.74) is 6.61. The van der Waals surface area contributed by atoms with Gasteiger partial charge in [0.15, 0.2) is 0 Å². The Morgan fingerprint density at radius 3 is 2.38 bits per heavy atom. The first-order chi connectivity index (χ1) is 6.34. The first-order valence-corrected chi connectivity index (χ1v) is 6.04.